The Labute approximate surface area is 264 Å². The second kappa shape index (κ2) is 12.7. The predicted molar refractivity (Wildman–Crippen MR) is 174 cm³/mol. The van der Waals surface area contributed by atoms with Gasteiger partial charge in [0.2, 0.25) is 5.91 Å². The zero-order chi connectivity index (χ0) is 30.8. The maximum absolute atomic E-state index is 13.7. The summed E-state index contributed by atoms with van der Waals surface area (Å²) in [5.41, 5.74) is 4.67. The van der Waals surface area contributed by atoms with Gasteiger partial charge in [-0.15, -0.1) is 0 Å². The van der Waals surface area contributed by atoms with E-state index in [4.69, 9.17) is 9.47 Å². The van der Waals surface area contributed by atoms with Gasteiger partial charge in [-0.25, -0.2) is 14.6 Å². The summed E-state index contributed by atoms with van der Waals surface area (Å²) < 4.78 is 13.3. The standard InChI is InChI=1S/C35H43N7O3/c1-3-44-28-7-5-6-25(20-28)23-42-33-30(22-39-42)32(36-24-37-33)40-16-18-41(19-17-40)34(43)26-10-13-35(14-11-26)31-9-8-29(45-4-2)21-27(31)12-15-38-35/h5-9,20-22,24,26,38H,3-4,10-19,23H2,1-2H3/t26-,35-. The van der Waals surface area contributed by atoms with E-state index < -0.39 is 0 Å². The molecule has 1 amide bonds. The van der Waals surface area contributed by atoms with Crippen LogP contribution in [0.3, 0.4) is 0 Å². The molecular weight excluding hydrogens is 566 g/mol. The van der Waals surface area contributed by atoms with Gasteiger partial charge < -0.3 is 24.6 Å². The molecule has 1 saturated heterocycles. The topological polar surface area (TPSA) is 97.6 Å². The number of piperazine rings is 1. The Balaban J connectivity index is 0.974. The van der Waals surface area contributed by atoms with Crippen molar-refractivity contribution in [3.63, 3.8) is 0 Å². The van der Waals surface area contributed by atoms with Crippen LogP contribution in [-0.4, -0.2) is 76.5 Å². The molecule has 45 heavy (non-hydrogen) atoms. The minimum Gasteiger partial charge on any atom is -0.494 e. The van der Waals surface area contributed by atoms with Gasteiger partial charge in [-0.2, -0.15) is 5.10 Å². The van der Waals surface area contributed by atoms with Crippen LogP contribution in [0, 0.1) is 5.92 Å². The van der Waals surface area contributed by atoms with Crippen molar-refractivity contribution in [3.8, 4) is 11.5 Å². The van der Waals surface area contributed by atoms with E-state index in [-0.39, 0.29) is 11.5 Å². The molecule has 4 aromatic rings. The van der Waals surface area contributed by atoms with Crippen molar-refractivity contribution in [1.29, 1.82) is 0 Å². The lowest BCUT2D eigenvalue weighted by Gasteiger charge is -2.46. The van der Waals surface area contributed by atoms with Gasteiger partial charge in [-0.3, -0.25) is 4.79 Å². The van der Waals surface area contributed by atoms with E-state index in [1.54, 1.807) is 6.33 Å². The molecule has 0 atom stereocenters. The molecule has 3 aliphatic rings. The van der Waals surface area contributed by atoms with E-state index in [0.717, 1.165) is 85.7 Å². The lowest BCUT2D eigenvalue weighted by atomic mass is 9.69. The molecule has 1 N–H and O–H groups in total. The van der Waals surface area contributed by atoms with Crippen molar-refractivity contribution < 1.29 is 14.3 Å². The van der Waals surface area contributed by atoms with E-state index in [0.29, 0.717) is 38.8 Å². The zero-order valence-electron chi connectivity index (χ0n) is 26.4. The molecular formula is C35H43N7O3. The highest BCUT2D eigenvalue weighted by molar-refractivity contribution is 5.87. The summed E-state index contributed by atoms with van der Waals surface area (Å²) >= 11 is 0. The molecule has 0 unspecified atom stereocenters. The average molecular weight is 610 g/mol. The fourth-order valence-corrected chi connectivity index (χ4v) is 7.55. The molecule has 4 heterocycles. The molecule has 0 radical (unpaired) electrons. The monoisotopic (exact) mass is 609 g/mol. The first-order valence-corrected chi connectivity index (χ1v) is 16.5. The number of carbonyl (C=O) groups is 1. The lowest BCUT2D eigenvalue weighted by Crippen LogP contribution is -2.53. The van der Waals surface area contributed by atoms with E-state index in [1.807, 2.05) is 42.9 Å². The van der Waals surface area contributed by atoms with Crippen LogP contribution in [0.5, 0.6) is 11.5 Å². The van der Waals surface area contributed by atoms with Gasteiger partial charge in [-0.05, 0) is 86.9 Å². The van der Waals surface area contributed by atoms with Crippen molar-refractivity contribution >= 4 is 22.8 Å². The molecule has 0 bridgehead atoms. The van der Waals surface area contributed by atoms with E-state index in [9.17, 15) is 4.79 Å². The van der Waals surface area contributed by atoms with Gasteiger partial charge in [0, 0.05) is 44.2 Å². The van der Waals surface area contributed by atoms with Gasteiger partial charge in [0.15, 0.2) is 5.65 Å². The number of aromatic nitrogens is 4. The zero-order valence-corrected chi connectivity index (χ0v) is 26.4. The average Bonchev–Trinajstić information content (AvgIpc) is 3.48. The van der Waals surface area contributed by atoms with Crippen molar-refractivity contribution in [2.45, 2.75) is 58.0 Å². The van der Waals surface area contributed by atoms with Gasteiger partial charge in [0.25, 0.3) is 0 Å². The molecule has 1 saturated carbocycles. The predicted octanol–water partition coefficient (Wildman–Crippen LogP) is 4.55. The number of hydrogen-bond donors (Lipinski definition) is 1. The van der Waals surface area contributed by atoms with Crippen LogP contribution in [0.25, 0.3) is 11.0 Å². The highest BCUT2D eigenvalue weighted by Crippen LogP contribution is 2.44. The molecule has 2 aromatic carbocycles. The quantitative estimate of drug-likeness (QED) is 0.311. The van der Waals surface area contributed by atoms with E-state index in [1.165, 1.54) is 11.1 Å². The maximum Gasteiger partial charge on any atom is 0.225 e. The first-order valence-electron chi connectivity index (χ1n) is 16.5. The molecule has 2 aliphatic heterocycles. The Morgan fingerprint density at radius 2 is 1.76 bits per heavy atom. The molecule has 10 heteroatoms. The Morgan fingerprint density at radius 1 is 0.978 bits per heavy atom. The summed E-state index contributed by atoms with van der Waals surface area (Å²) in [4.78, 5) is 27.3. The lowest BCUT2D eigenvalue weighted by molar-refractivity contribution is -0.137. The number of benzene rings is 2. The fourth-order valence-electron chi connectivity index (χ4n) is 7.55. The Bertz CT molecular complexity index is 1650. The Hall–Kier alpha value is -4.18. The van der Waals surface area contributed by atoms with Crippen LogP contribution in [0.4, 0.5) is 5.82 Å². The van der Waals surface area contributed by atoms with Crippen molar-refractivity contribution in [1.82, 2.24) is 30.0 Å². The fraction of sp³-hybridized carbons (Fsp3) is 0.486. The summed E-state index contributed by atoms with van der Waals surface area (Å²) in [6.07, 6.45) is 8.31. The summed E-state index contributed by atoms with van der Waals surface area (Å²) in [6, 6.07) is 14.7. The second-order valence-electron chi connectivity index (χ2n) is 12.4. The van der Waals surface area contributed by atoms with Crippen LogP contribution >= 0.6 is 0 Å². The van der Waals surface area contributed by atoms with E-state index in [2.05, 4.69) is 54.4 Å². The summed E-state index contributed by atoms with van der Waals surface area (Å²) in [7, 11) is 0. The molecule has 1 aliphatic carbocycles. The second-order valence-corrected chi connectivity index (χ2v) is 12.4. The summed E-state index contributed by atoms with van der Waals surface area (Å²) in [5, 5.41) is 9.44. The maximum atomic E-state index is 13.7. The number of rotatable bonds is 8. The van der Waals surface area contributed by atoms with Gasteiger partial charge in [0.1, 0.15) is 23.6 Å². The van der Waals surface area contributed by atoms with Crippen LogP contribution in [0.2, 0.25) is 0 Å². The van der Waals surface area contributed by atoms with Gasteiger partial charge >= 0.3 is 0 Å². The molecule has 1 spiro atoms. The first kappa shape index (κ1) is 29.5. The minimum absolute atomic E-state index is 0.0251. The highest BCUT2D eigenvalue weighted by atomic mass is 16.5. The number of hydrogen-bond acceptors (Lipinski definition) is 8. The third kappa shape index (κ3) is 5.83. The van der Waals surface area contributed by atoms with Crippen LogP contribution in [0.15, 0.2) is 55.0 Å². The normalized spacial score (nSPS) is 21.6. The number of ether oxygens (including phenoxy) is 2. The molecule has 10 nitrogen and oxygen atoms in total. The summed E-state index contributed by atoms with van der Waals surface area (Å²) in [6.45, 7) is 9.78. The van der Waals surface area contributed by atoms with Gasteiger partial charge in [-0.1, -0.05) is 18.2 Å². The van der Waals surface area contributed by atoms with Crippen molar-refractivity contribution in [2.24, 2.45) is 5.92 Å². The minimum atomic E-state index is -0.0251. The molecule has 236 valence electrons. The van der Waals surface area contributed by atoms with Crippen LogP contribution in [-0.2, 0) is 23.3 Å². The SMILES string of the molecule is CCOc1cccc(Cn2ncc3c(N4CCN(C(=O)[C@H]5CC[C@@]6(CC5)NCCc5cc(OCC)ccc56)CC4)ncnc32)c1. The number of amides is 1. The number of fused-ring (bicyclic) bond motifs is 3. The van der Waals surface area contributed by atoms with Crippen molar-refractivity contribution in [2.75, 3.05) is 50.8 Å². The van der Waals surface area contributed by atoms with E-state index >= 15 is 0 Å². The Kier molecular flexibility index (Phi) is 8.31. The molecule has 7 rings (SSSR count). The highest BCUT2D eigenvalue weighted by Gasteiger charge is 2.42. The number of nitrogens with one attached hydrogen (secondary N) is 1. The van der Waals surface area contributed by atoms with Crippen LogP contribution in [0.1, 0.15) is 56.2 Å². The first-order chi connectivity index (χ1) is 22.1. The van der Waals surface area contributed by atoms with Crippen LogP contribution < -0.4 is 19.7 Å². The van der Waals surface area contributed by atoms with Gasteiger partial charge in [0.05, 0.1) is 31.3 Å². The smallest absolute Gasteiger partial charge is 0.225 e. The number of anilines is 1. The molecule has 2 aromatic heterocycles. The number of carbonyl (C=O) groups excluding carboxylic acids is 1. The summed E-state index contributed by atoms with van der Waals surface area (Å²) in [5.74, 6) is 3.09. The molecule has 2 fully saturated rings. The third-order valence-electron chi connectivity index (χ3n) is 9.79. The van der Waals surface area contributed by atoms with Crippen molar-refractivity contribution in [3.05, 3.63) is 71.7 Å². The third-order valence-corrected chi connectivity index (χ3v) is 9.79. The Morgan fingerprint density at radius 3 is 2.53 bits per heavy atom. The number of nitrogens with zero attached hydrogens (tertiary/aromatic N) is 6. The largest absolute Gasteiger partial charge is 0.494 e.